The van der Waals surface area contributed by atoms with E-state index < -0.39 is 11.8 Å². The van der Waals surface area contributed by atoms with Crippen molar-refractivity contribution in [1.29, 1.82) is 0 Å². The molecule has 13 heavy (non-hydrogen) atoms. The minimum absolute atomic E-state index is 0.186. The number of rotatable bonds is 2. The molecular weight excluding hydrogens is 177 g/mol. The maximum atomic E-state index is 13.2. The third kappa shape index (κ3) is 1.74. The van der Waals surface area contributed by atoms with Crippen LogP contribution < -0.4 is 4.74 Å². The van der Waals surface area contributed by atoms with E-state index in [0.29, 0.717) is 0 Å². The van der Waals surface area contributed by atoms with Crippen LogP contribution in [-0.2, 0) is 4.74 Å². The number of carbonyl (C=O) groups is 1. The van der Waals surface area contributed by atoms with Crippen molar-refractivity contribution in [2.45, 2.75) is 0 Å². The zero-order chi connectivity index (χ0) is 9.84. The fourth-order valence-corrected chi connectivity index (χ4v) is 0.834. The van der Waals surface area contributed by atoms with Crippen LogP contribution in [0.25, 0.3) is 0 Å². The second kappa shape index (κ2) is 3.84. The minimum Gasteiger partial charge on any atom is -0.479 e. The molecule has 0 saturated heterocycles. The van der Waals surface area contributed by atoms with Crippen LogP contribution in [0.15, 0.2) is 12.3 Å². The molecule has 0 unspecified atom stereocenters. The number of carbonyl (C=O) groups excluding carboxylic acids is 1. The van der Waals surface area contributed by atoms with Crippen LogP contribution in [0.5, 0.6) is 5.88 Å². The Balaban J connectivity index is 3.15. The summed E-state index contributed by atoms with van der Waals surface area (Å²) in [5.74, 6) is -1.78. The number of pyridine rings is 1. The fourth-order valence-electron chi connectivity index (χ4n) is 0.834. The van der Waals surface area contributed by atoms with Gasteiger partial charge in [0.1, 0.15) is 5.56 Å². The van der Waals surface area contributed by atoms with E-state index >= 15 is 0 Å². The summed E-state index contributed by atoms with van der Waals surface area (Å²) in [5.41, 5.74) is -0.186. The van der Waals surface area contributed by atoms with Gasteiger partial charge >= 0.3 is 5.97 Å². The first-order valence-corrected chi connectivity index (χ1v) is 3.47. The molecule has 1 heterocycles. The lowest BCUT2D eigenvalue weighted by atomic mass is 10.2. The van der Waals surface area contributed by atoms with Crippen LogP contribution in [0.3, 0.4) is 0 Å². The molecule has 0 aliphatic heterocycles. The predicted molar refractivity (Wildman–Crippen MR) is 42.1 cm³/mol. The van der Waals surface area contributed by atoms with Crippen molar-refractivity contribution < 1.29 is 18.7 Å². The number of methoxy groups -OCH3 is 2. The maximum absolute atomic E-state index is 13.2. The van der Waals surface area contributed by atoms with Crippen LogP contribution in [0.2, 0.25) is 0 Å². The molecule has 0 fully saturated rings. The van der Waals surface area contributed by atoms with Gasteiger partial charge in [-0.05, 0) is 6.07 Å². The summed E-state index contributed by atoms with van der Waals surface area (Å²) in [6.45, 7) is 0. The van der Waals surface area contributed by atoms with E-state index in [9.17, 15) is 9.18 Å². The molecule has 1 rings (SSSR count). The van der Waals surface area contributed by atoms with Gasteiger partial charge in [-0.1, -0.05) is 0 Å². The van der Waals surface area contributed by atoms with Gasteiger partial charge in [0.25, 0.3) is 5.88 Å². The number of esters is 1. The molecule has 1 aromatic heterocycles. The number of nitrogens with zero attached hydrogens (tertiary/aromatic N) is 1. The van der Waals surface area contributed by atoms with Gasteiger partial charge < -0.3 is 9.47 Å². The van der Waals surface area contributed by atoms with Crippen molar-refractivity contribution in [2.24, 2.45) is 0 Å². The number of aromatic nitrogens is 1. The van der Waals surface area contributed by atoms with Crippen molar-refractivity contribution in [3.63, 3.8) is 0 Å². The van der Waals surface area contributed by atoms with Gasteiger partial charge in [0.05, 0.1) is 14.2 Å². The zero-order valence-corrected chi connectivity index (χ0v) is 7.20. The molecule has 5 heteroatoms. The Labute approximate surface area is 74.3 Å². The number of halogens is 1. The van der Waals surface area contributed by atoms with Gasteiger partial charge in [-0.2, -0.15) is 0 Å². The number of ether oxygens (including phenoxy) is 2. The van der Waals surface area contributed by atoms with Gasteiger partial charge in [-0.15, -0.1) is 0 Å². The first-order valence-electron chi connectivity index (χ1n) is 3.47. The lowest BCUT2D eigenvalue weighted by Crippen LogP contribution is -2.06. The first-order chi connectivity index (χ1) is 6.20. The average molecular weight is 185 g/mol. The van der Waals surface area contributed by atoms with Crippen LogP contribution in [-0.4, -0.2) is 25.2 Å². The molecule has 0 aliphatic rings. The van der Waals surface area contributed by atoms with Crippen LogP contribution in [0, 0.1) is 5.82 Å². The molecule has 0 spiro atoms. The highest BCUT2D eigenvalue weighted by Crippen LogP contribution is 2.16. The summed E-state index contributed by atoms with van der Waals surface area (Å²) >= 11 is 0. The van der Waals surface area contributed by atoms with Crippen molar-refractivity contribution in [1.82, 2.24) is 4.98 Å². The maximum Gasteiger partial charge on any atom is 0.341 e. The van der Waals surface area contributed by atoms with E-state index in [-0.39, 0.29) is 11.4 Å². The largest absolute Gasteiger partial charge is 0.479 e. The summed E-state index contributed by atoms with van der Waals surface area (Å²) in [4.78, 5) is 14.5. The van der Waals surface area contributed by atoms with Crippen LogP contribution in [0.4, 0.5) is 4.39 Å². The second-order valence-electron chi connectivity index (χ2n) is 2.17. The molecule has 0 radical (unpaired) electrons. The molecular formula is C8H8FNO3. The summed E-state index contributed by atoms with van der Waals surface area (Å²) in [6.07, 6.45) is 1.27. The van der Waals surface area contributed by atoms with Gasteiger partial charge in [-0.3, -0.25) is 0 Å². The highest BCUT2D eigenvalue weighted by atomic mass is 19.1. The molecule has 0 atom stereocenters. The molecule has 0 aromatic carbocycles. The van der Waals surface area contributed by atoms with E-state index in [1.165, 1.54) is 26.5 Å². The van der Waals surface area contributed by atoms with Gasteiger partial charge in [0.15, 0.2) is 5.82 Å². The third-order valence-electron chi connectivity index (χ3n) is 1.46. The Morgan fingerprint density at radius 3 is 2.77 bits per heavy atom. The Bertz CT molecular complexity index is 327. The monoisotopic (exact) mass is 185 g/mol. The van der Waals surface area contributed by atoms with E-state index in [0.717, 1.165) is 0 Å². The lowest BCUT2D eigenvalue weighted by Gasteiger charge is -2.03. The zero-order valence-electron chi connectivity index (χ0n) is 7.20. The quantitative estimate of drug-likeness (QED) is 0.645. The minimum atomic E-state index is -0.808. The molecule has 4 nitrogen and oxygen atoms in total. The van der Waals surface area contributed by atoms with Crippen molar-refractivity contribution in [3.05, 3.63) is 23.6 Å². The van der Waals surface area contributed by atoms with E-state index in [4.69, 9.17) is 0 Å². The van der Waals surface area contributed by atoms with Crippen molar-refractivity contribution in [2.75, 3.05) is 14.2 Å². The fraction of sp³-hybridized carbons (Fsp3) is 0.250. The van der Waals surface area contributed by atoms with E-state index in [2.05, 4.69) is 14.5 Å². The van der Waals surface area contributed by atoms with Crippen LogP contribution in [0.1, 0.15) is 10.4 Å². The normalized spacial score (nSPS) is 9.46. The SMILES string of the molecule is COC(=O)c1ccnc(OC)c1F. The van der Waals surface area contributed by atoms with E-state index in [1.54, 1.807) is 0 Å². The van der Waals surface area contributed by atoms with Gasteiger partial charge in [0, 0.05) is 6.20 Å². The summed E-state index contributed by atoms with van der Waals surface area (Å²) in [6, 6.07) is 1.23. The first kappa shape index (κ1) is 9.44. The van der Waals surface area contributed by atoms with Crippen molar-refractivity contribution >= 4 is 5.97 Å². The Hall–Kier alpha value is -1.65. The molecule has 0 bridgehead atoms. The van der Waals surface area contributed by atoms with Crippen molar-refractivity contribution in [3.8, 4) is 5.88 Å². The van der Waals surface area contributed by atoms with Crippen LogP contribution >= 0.6 is 0 Å². The summed E-state index contributed by atoms with van der Waals surface area (Å²) < 4.78 is 22.2. The molecule has 0 aliphatic carbocycles. The average Bonchev–Trinajstić information content (AvgIpc) is 2.17. The molecule has 0 saturated carbocycles. The van der Waals surface area contributed by atoms with Gasteiger partial charge in [0.2, 0.25) is 0 Å². The number of hydrogen-bond donors (Lipinski definition) is 0. The second-order valence-corrected chi connectivity index (χ2v) is 2.17. The Morgan fingerprint density at radius 1 is 1.54 bits per heavy atom. The molecule has 0 amide bonds. The lowest BCUT2D eigenvalue weighted by molar-refractivity contribution is 0.0594. The summed E-state index contributed by atoms with van der Waals surface area (Å²) in [7, 11) is 2.45. The number of hydrogen-bond acceptors (Lipinski definition) is 4. The standard InChI is InChI=1S/C8H8FNO3/c1-12-7-6(9)5(3-4-10-7)8(11)13-2/h3-4H,1-2H3. The summed E-state index contributed by atoms with van der Waals surface area (Å²) in [5, 5.41) is 0. The molecule has 0 N–H and O–H groups in total. The topological polar surface area (TPSA) is 48.4 Å². The third-order valence-corrected chi connectivity index (χ3v) is 1.46. The molecule has 70 valence electrons. The highest BCUT2D eigenvalue weighted by Gasteiger charge is 2.16. The smallest absolute Gasteiger partial charge is 0.341 e. The Morgan fingerprint density at radius 2 is 2.23 bits per heavy atom. The van der Waals surface area contributed by atoms with E-state index in [1.807, 2.05) is 0 Å². The molecule has 1 aromatic rings. The predicted octanol–water partition coefficient (Wildman–Crippen LogP) is 1.02. The van der Waals surface area contributed by atoms with Gasteiger partial charge in [-0.25, -0.2) is 14.2 Å². The Kier molecular flexibility index (Phi) is 2.79. The highest BCUT2D eigenvalue weighted by molar-refractivity contribution is 5.89.